The molecule has 1 amide bonds. The summed E-state index contributed by atoms with van der Waals surface area (Å²) in [7, 11) is 0. The Hall–Kier alpha value is -1.03. The smallest absolute Gasteiger partial charge is 0.407 e. The van der Waals surface area contributed by atoms with E-state index < -0.39 is 5.60 Å². The monoisotopic (exact) mass is 255 g/mol. The van der Waals surface area contributed by atoms with Gasteiger partial charge in [0.15, 0.2) is 0 Å². The number of rotatable bonds is 4. The average molecular weight is 255 g/mol. The van der Waals surface area contributed by atoms with Crippen molar-refractivity contribution in [1.82, 2.24) is 5.32 Å². The fourth-order valence-corrected chi connectivity index (χ4v) is 1.98. The van der Waals surface area contributed by atoms with Crippen LogP contribution in [-0.2, 0) is 9.47 Å². The van der Waals surface area contributed by atoms with Crippen LogP contribution in [0.5, 0.6) is 0 Å². The molecule has 1 N–H and O–H groups in total. The van der Waals surface area contributed by atoms with Gasteiger partial charge in [0.2, 0.25) is 0 Å². The van der Waals surface area contributed by atoms with Crippen LogP contribution in [0.2, 0.25) is 0 Å². The molecule has 18 heavy (non-hydrogen) atoms. The number of hydrogen-bond acceptors (Lipinski definition) is 3. The number of hydrogen-bond donors (Lipinski definition) is 1. The molecule has 0 spiro atoms. The lowest BCUT2D eigenvalue weighted by Gasteiger charge is -2.21. The molecule has 0 bridgehead atoms. The second-order valence-corrected chi connectivity index (χ2v) is 5.68. The SMILES string of the molecule is CC=CCOC1CCC(NC(=O)OC(C)(C)C)C1. The van der Waals surface area contributed by atoms with E-state index >= 15 is 0 Å². The summed E-state index contributed by atoms with van der Waals surface area (Å²) in [6.07, 6.45) is 6.72. The van der Waals surface area contributed by atoms with Gasteiger partial charge in [-0.3, -0.25) is 0 Å². The highest BCUT2D eigenvalue weighted by Crippen LogP contribution is 2.22. The summed E-state index contributed by atoms with van der Waals surface area (Å²) in [4.78, 5) is 11.6. The minimum absolute atomic E-state index is 0.176. The molecule has 0 aromatic heterocycles. The standard InChI is InChI=1S/C14H25NO3/c1-5-6-9-17-12-8-7-11(10-12)15-13(16)18-14(2,3)4/h5-6,11-12H,7-10H2,1-4H3,(H,15,16). The van der Waals surface area contributed by atoms with E-state index in [0.717, 1.165) is 19.3 Å². The summed E-state index contributed by atoms with van der Waals surface area (Å²) in [5.41, 5.74) is -0.440. The Morgan fingerprint density at radius 1 is 1.39 bits per heavy atom. The maximum absolute atomic E-state index is 11.6. The van der Waals surface area contributed by atoms with Crippen molar-refractivity contribution >= 4 is 6.09 Å². The molecule has 1 aliphatic rings. The van der Waals surface area contributed by atoms with Crippen molar-refractivity contribution in [2.75, 3.05) is 6.61 Å². The van der Waals surface area contributed by atoms with Crippen LogP contribution in [0.1, 0.15) is 47.0 Å². The molecule has 0 radical (unpaired) electrons. The number of alkyl carbamates (subject to hydrolysis) is 1. The van der Waals surface area contributed by atoms with Gasteiger partial charge in [-0.25, -0.2) is 4.79 Å². The molecule has 1 aliphatic carbocycles. The fraction of sp³-hybridized carbons (Fsp3) is 0.786. The first kappa shape index (κ1) is 15.0. The number of nitrogens with one attached hydrogen (secondary N) is 1. The number of carbonyl (C=O) groups excluding carboxylic acids is 1. The number of allylic oxidation sites excluding steroid dienone is 1. The minimum atomic E-state index is -0.440. The predicted octanol–water partition coefficient (Wildman–Crippen LogP) is 3.02. The molecule has 1 saturated carbocycles. The van der Waals surface area contributed by atoms with E-state index in [1.54, 1.807) is 0 Å². The van der Waals surface area contributed by atoms with Crippen LogP contribution < -0.4 is 5.32 Å². The maximum atomic E-state index is 11.6. The quantitative estimate of drug-likeness (QED) is 0.785. The fourth-order valence-electron chi connectivity index (χ4n) is 1.98. The number of amides is 1. The van der Waals surface area contributed by atoms with Crippen LogP contribution in [0.4, 0.5) is 4.79 Å². The van der Waals surface area contributed by atoms with Gasteiger partial charge in [0.05, 0.1) is 12.7 Å². The van der Waals surface area contributed by atoms with Gasteiger partial charge in [-0.2, -0.15) is 0 Å². The molecule has 0 aromatic rings. The Morgan fingerprint density at radius 3 is 2.72 bits per heavy atom. The van der Waals surface area contributed by atoms with E-state index in [2.05, 4.69) is 5.32 Å². The molecule has 1 fully saturated rings. The van der Waals surface area contributed by atoms with E-state index in [0.29, 0.717) is 6.61 Å². The van der Waals surface area contributed by atoms with Gasteiger partial charge in [0.1, 0.15) is 5.60 Å². The van der Waals surface area contributed by atoms with Crippen molar-refractivity contribution in [2.45, 2.75) is 64.7 Å². The Bertz CT molecular complexity index is 294. The van der Waals surface area contributed by atoms with Crippen LogP contribution >= 0.6 is 0 Å². The van der Waals surface area contributed by atoms with Gasteiger partial charge in [0.25, 0.3) is 0 Å². The van der Waals surface area contributed by atoms with Crippen LogP contribution in [0.25, 0.3) is 0 Å². The first-order chi connectivity index (χ1) is 8.40. The number of carbonyl (C=O) groups is 1. The maximum Gasteiger partial charge on any atom is 0.407 e. The van der Waals surface area contributed by atoms with Crippen LogP contribution in [0.15, 0.2) is 12.2 Å². The van der Waals surface area contributed by atoms with Gasteiger partial charge in [0, 0.05) is 6.04 Å². The minimum Gasteiger partial charge on any atom is -0.444 e. The molecular formula is C14H25NO3. The largest absolute Gasteiger partial charge is 0.444 e. The predicted molar refractivity (Wildman–Crippen MR) is 71.6 cm³/mol. The van der Waals surface area contributed by atoms with Crippen molar-refractivity contribution in [2.24, 2.45) is 0 Å². The molecule has 4 nitrogen and oxygen atoms in total. The first-order valence-electron chi connectivity index (χ1n) is 6.63. The number of ether oxygens (including phenoxy) is 2. The molecule has 0 heterocycles. The van der Waals surface area contributed by atoms with E-state index in [4.69, 9.17) is 9.47 Å². The van der Waals surface area contributed by atoms with E-state index in [1.807, 2.05) is 39.8 Å². The van der Waals surface area contributed by atoms with Crippen molar-refractivity contribution in [3.8, 4) is 0 Å². The summed E-state index contributed by atoms with van der Waals surface area (Å²) in [5, 5.41) is 2.90. The van der Waals surface area contributed by atoms with Crippen LogP contribution in [-0.4, -0.2) is 30.4 Å². The zero-order valence-corrected chi connectivity index (χ0v) is 11.9. The third-order valence-corrected chi connectivity index (χ3v) is 2.77. The van der Waals surface area contributed by atoms with Crippen molar-refractivity contribution in [1.29, 1.82) is 0 Å². The van der Waals surface area contributed by atoms with Crippen LogP contribution in [0, 0.1) is 0 Å². The van der Waals surface area contributed by atoms with Gasteiger partial charge in [-0.15, -0.1) is 0 Å². The second-order valence-electron chi connectivity index (χ2n) is 5.68. The van der Waals surface area contributed by atoms with Crippen molar-refractivity contribution in [3.63, 3.8) is 0 Å². The zero-order valence-electron chi connectivity index (χ0n) is 11.9. The van der Waals surface area contributed by atoms with Gasteiger partial charge < -0.3 is 14.8 Å². The van der Waals surface area contributed by atoms with Gasteiger partial charge in [-0.1, -0.05) is 12.2 Å². The van der Waals surface area contributed by atoms with Crippen molar-refractivity contribution in [3.05, 3.63) is 12.2 Å². The van der Waals surface area contributed by atoms with Gasteiger partial charge >= 0.3 is 6.09 Å². The van der Waals surface area contributed by atoms with Gasteiger partial charge in [-0.05, 0) is 47.0 Å². The summed E-state index contributed by atoms with van der Waals surface area (Å²) in [6, 6.07) is 0.176. The first-order valence-corrected chi connectivity index (χ1v) is 6.63. The second kappa shape index (κ2) is 6.78. The highest BCUT2D eigenvalue weighted by atomic mass is 16.6. The summed E-state index contributed by atoms with van der Waals surface area (Å²) >= 11 is 0. The lowest BCUT2D eigenvalue weighted by Crippen LogP contribution is -2.38. The Labute approximate surface area is 110 Å². The Kier molecular flexibility index (Phi) is 5.66. The molecule has 4 heteroatoms. The molecule has 0 aromatic carbocycles. The third kappa shape index (κ3) is 6.05. The van der Waals surface area contributed by atoms with E-state index in [-0.39, 0.29) is 18.2 Å². The molecule has 2 atom stereocenters. The zero-order chi connectivity index (χ0) is 13.6. The highest BCUT2D eigenvalue weighted by molar-refractivity contribution is 5.68. The average Bonchev–Trinajstić information content (AvgIpc) is 2.63. The lowest BCUT2D eigenvalue weighted by molar-refractivity contribution is 0.0490. The van der Waals surface area contributed by atoms with Crippen LogP contribution in [0.3, 0.4) is 0 Å². The lowest BCUT2D eigenvalue weighted by atomic mass is 10.2. The molecular weight excluding hydrogens is 230 g/mol. The topological polar surface area (TPSA) is 47.6 Å². The molecule has 0 saturated heterocycles. The van der Waals surface area contributed by atoms with E-state index in [9.17, 15) is 4.79 Å². The normalized spacial score (nSPS) is 24.4. The van der Waals surface area contributed by atoms with Crippen molar-refractivity contribution < 1.29 is 14.3 Å². The summed E-state index contributed by atoms with van der Waals surface area (Å²) in [6.45, 7) is 8.23. The summed E-state index contributed by atoms with van der Waals surface area (Å²) < 4.78 is 10.9. The Balaban J connectivity index is 2.23. The molecule has 0 aliphatic heterocycles. The Morgan fingerprint density at radius 2 is 2.11 bits per heavy atom. The molecule has 104 valence electrons. The molecule has 1 rings (SSSR count). The highest BCUT2D eigenvalue weighted by Gasteiger charge is 2.27. The van der Waals surface area contributed by atoms with E-state index in [1.165, 1.54) is 0 Å². The molecule has 2 unspecified atom stereocenters. The third-order valence-electron chi connectivity index (χ3n) is 2.77. The summed E-state index contributed by atoms with van der Waals surface area (Å²) in [5.74, 6) is 0.